The van der Waals surface area contributed by atoms with Gasteiger partial charge in [-0.2, -0.15) is 0 Å². The monoisotopic (exact) mass is 598 g/mol. The Hall–Kier alpha value is -3.96. The molecule has 1 aliphatic carbocycles. The minimum absolute atomic E-state index is 0.138. The third-order valence-electron chi connectivity index (χ3n) is 8.51. The van der Waals surface area contributed by atoms with Crippen molar-refractivity contribution in [3.8, 4) is 28.7 Å². The van der Waals surface area contributed by atoms with Crippen LogP contribution in [0.2, 0.25) is 0 Å². The van der Waals surface area contributed by atoms with Crippen LogP contribution in [0.25, 0.3) is 16.7 Å². The summed E-state index contributed by atoms with van der Waals surface area (Å²) < 4.78 is 0. The Morgan fingerprint density at radius 2 is 1.22 bits per heavy atom. The number of carbonyl (C=O) groups excluding carboxylic acids is 1. The van der Waals surface area contributed by atoms with Crippen molar-refractivity contribution < 1.29 is 9.90 Å². The van der Waals surface area contributed by atoms with Crippen molar-refractivity contribution >= 4 is 11.4 Å². The summed E-state index contributed by atoms with van der Waals surface area (Å²) in [4.78, 5) is 13.5. The van der Waals surface area contributed by atoms with E-state index in [1.165, 1.54) is 0 Å². The topological polar surface area (TPSA) is 40.1 Å². The maximum Gasteiger partial charge on any atom is 0.291 e. The molecule has 3 aromatic carbocycles. The van der Waals surface area contributed by atoms with E-state index in [0.29, 0.717) is 0 Å². The Balaban J connectivity index is 1.76. The Bertz CT molecular complexity index is 1720. The second kappa shape index (κ2) is 11.8. The first-order valence-corrected chi connectivity index (χ1v) is 16.0. The fraction of sp³-hybridized carbons (Fsp3) is 0.395. The number of benzene rings is 3. The normalized spacial score (nSPS) is 14.5. The summed E-state index contributed by atoms with van der Waals surface area (Å²) in [5.41, 5.74) is 8.67. The van der Waals surface area contributed by atoms with E-state index in [1.807, 2.05) is 12.1 Å². The largest absolute Gasteiger partial charge is 0.872 e. The first-order valence-electron chi connectivity index (χ1n) is 16.0. The summed E-state index contributed by atoms with van der Waals surface area (Å²) in [6.07, 6.45) is 4.15. The highest BCUT2D eigenvalue weighted by Gasteiger charge is 2.45. The van der Waals surface area contributed by atoms with Crippen molar-refractivity contribution in [1.82, 2.24) is 0 Å². The Morgan fingerprint density at radius 1 is 0.667 bits per heavy atom. The van der Waals surface area contributed by atoms with Gasteiger partial charge in [0.2, 0.25) is 0 Å². The molecule has 2 nitrogen and oxygen atoms in total. The standard InChI is InChI=1S/C43H50O2/c1-27-17-18-29(22-33(27)32-25-36(42(8,9)10)39(45)37(26-32)43(11,12)13)20-19-28-15-14-16-30(21-28)31-23-34(40(2,3)4)38(44)35(24-31)41(5,6)7/h14-18,21-26H,1-13H3. The van der Waals surface area contributed by atoms with Crippen molar-refractivity contribution in [2.75, 3.05) is 0 Å². The van der Waals surface area contributed by atoms with Crippen molar-refractivity contribution in [1.29, 1.82) is 0 Å². The molecule has 4 rings (SSSR count). The summed E-state index contributed by atoms with van der Waals surface area (Å²) in [6, 6.07) is 18.7. The lowest BCUT2D eigenvalue weighted by molar-refractivity contribution is -0.271. The number of allylic oxidation sites excluding steroid dienone is 4. The number of rotatable bonds is 2. The van der Waals surface area contributed by atoms with Gasteiger partial charge in [-0.25, -0.2) is 0 Å². The van der Waals surface area contributed by atoms with E-state index in [-0.39, 0.29) is 33.2 Å². The second-order valence-electron chi connectivity index (χ2n) is 16.7. The molecule has 0 aromatic heterocycles. The summed E-state index contributed by atoms with van der Waals surface area (Å²) >= 11 is 0. The molecule has 0 atom stereocenters. The SMILES string of the molecule is Cc1ccc(C#Cc2cccc(-c3cc(C(C)(C)C)c([O-])c(C(C)(C)C)c3)c2)cc1C1=C[C+](C(C)(C)C)C(=O)C(C(C)(C)C)=C1. The smallest absolute Gasteiger partial charge is 0.291 e. The van der Waals surface area contributed by atoms with Crippen LogP contribution in [0.5, 0.6) is 5.75 Å². The lowest BCUT2D eigenvalue weighted by Crippen LogP contribution is -2.32. The molecule has 234 valence electrons. The van der Waals surface area contributed by atoms with Gasteiger partial charge in [-0.05, 0) is 111 Å². The minimum atomic E-state index is -0.265. The fourth-order valence-electron chi connectivity index (χ4n) is 5.74. The molecule has 3 aromatic rings. The molecule has 0 unspecified atom stereocenters. The number of hydrogen-bond donors (Lipinski definition) is 0. The molecule has 0 amide bonds. The Morgan fingerprint density at radius 3 is 1.73 bits per heavy atom. The molecule has 0 fully saturated rings. The zero-order chi connectivity index (χ0) is 33.7. The zero-order valence-electron chi connectivity index (χ0n) is 29.7. The average Bonchev–Trinajstić information content (AvgIpc) is 2.90. The van der Waals surface area contributed by atoms with Gasteiger partial charge >= 0.3 is 0 Å². The predicted molar refractivity (Wildman–Crippen MR) is 189 cm³/mol. The Labute approximate surface area is 272 Å². The van der Waals surface area contributed by atoms with Gasteiger partial charge in [0.15, 0.2) is 0 Å². The number of hydrogen-bond acceptors (Lipinski definition) is 2. The molecular formula is C43H50O2. The van der Waals surface area contributed by atoms with Gasteiger partial charge in [0, 0.05) is 27.5 Å². The van der Waals surface area contributed by atoms with Gasteiger partial charge in [-0.3, -0.25) is 4.79 Å². The van der Waals surface area contributed by atoms with Gasteiger partial charge in [0.05, 0.1) is 17.7 Å². The van der Waals surface area contributed by atoms with Crippen LogP contribution in [0.4, 0.5) is 0 Å². The molecule has 0 aliphatic heterocycles. The number of Topliss-reactive ketones (excluding diaryl/α,β-unsaturated/α-hetero) is 1. The minimum Gasteiger partial charge on any atom is -0.872 e. The lowest BCUT2D eigenvalue weighted by Gasteiger charge is -2.34. The molecule has 2 heteroatoms. The van der Waals surface area contributed by atoms with E-state index < -0.39 is 0 Å². The van der Waals surface area contributed by atoms with Gasteiger partial charge < -0.3 is 5.11 Å². The molecular weight excluding hydrogens is 548 g/mol. The van der Waals surface area contributed by atoms with Gasteiger partial charge in [0.1, 0.15) is 11.5 Å². The van der Waals surface area contributed by atoms with Crippen LogP contribution in [0.1, 0.15) is 116 Å². The van der Waals surface area contributed by atoms with Crippen molar-refractivity contribution in [2.45, 2.75) is 101 Å². The average molecular weight is 599 g/mol. The molecule has 0 spiro atoms. The maximum absolute atomic E-state index is 13.5. The van der Waals surface area contributed by atoms with Gasteiger partial charge in [-0.1, -0.05) is 83.7 Å². The first-order chi connectivity index (χ1) is 20.6. The van der Waals surface area contributed by atoms with E-state index in [4.69, 9.17) is 0 Å². The number of carbonyl (C=O) groups is 1. The fourth-order valence-corrected chi connectivity index (χ4v) is 5.74. The van der Waals surface area contributed by atoms with E-state index in [0.717, 1.165) is 61.6 Å². The molecule has 0 heterocycles. The van der Waals surface area contributed by atoms with Crippen LogP contribution in [0.15, 0.2) is 72.3 Å². The first kappa shape index (κ1) is 33.9. The third-order valence-corrected chi connectivity index (χ3v) is 8.51. The van der Waals surface area contributed by atoms with E-state index in [2.05, 4.69) is 156 Å². The molecule has 0 saturated carbocycles. The van der Waals surface area contributed by atoms with Crippen LogP contribution < -0.4 is 5.11 Å². The molecule has 0 saturated heterocycles. The summed E-state index contributed by atoms with van der Waals surface area (Å²) in [6.45, 7) is 27.3. The van der Waals surface area contributed by atoms with Crippen LogP contribution in [0, 0.1) is 35.5 Å². The van der Waals surface area contributed by atoms with Gasteiger partial charge in [-0.15, -0.1) is 5.75 Å². The number of ketones is 1. The molecule has 0 radical (unpaired) electrons. The maximum atomic E-state index is 13.5. The highest BCUT2D eigenvalue weighted by Crippen LogP contribution is 2.44. The predicted octanol–water partition coefficient (Wildman–Crippen LogP) is 10.3. The van der Waals surface area contributed by atoms with E-state index in [9.17, 15) is 9.90 Å². The molecule has 0 bridgehead atoms. The molecule has 1 aliphatic rings. The molecule has 0 N–H and O–H groups in total. The second-order valence-corrected chi connectivity index (χ2v) is 16.7. The highest BCUT2D eigenvalue weighted by atomic mass is 16.3. The summed E-state index contributed by atoms with van der Waals surface area (Å²) in [5, 5.41) is 13.4. The van der Waals surface area contributed by atoms with Gasteiger partial charge in [0.25, 0.3) is 5.78 Å². The third kappa shape index (κ3) is 7.48. The van der Waals surface area contributed by atoms with Crippen LogP contribution >= 0.6 is 0 Å². The molecule has 45 heavy (non-hydrogen) atoms. The van der Waals surface area contributed by atoms with E-state index >= 15 is 0 Å². The highest BCUT2D eigenvalue weighted by molar-refractivity contribution is 6.14. The zero-order valence-corrected chi connectivity index (χ0v) is 29.7. The summed E-state index contributed by atoms with van der Waals surface area (Å²) in [7, 11) is 0. The quantitative estimate of drug-likeness (QED) is 0.217. The van der Waals surface area contributed by atoms with Crippen molar-refractivity contribution in [3.63, 3.8) is 0 Å². The van der Waals surface area contributed by atoms with Crippen molar-refractivity contribution in [3.05, 3.63) is 112 Å². The summed E-state index contributed by atoms with van der Waals surface area (Å²) in [5.74, 6) is 7.90. The Kier molecular flexibility index (Phi) is 8.86. The van der Waals surface area contributed by atoms with Crippen molar-refractivity contribution in [2.24, 2.45) is 10.8 Å². The van der Waals surface area contributed by atoms with Crippen LogP contribution in [0.3, 0.4) is 0 Å². The number of aryl methyl sites for hydroxylation is 1. The lowest BCUT2D eigenvalue weighted by atomic mass is 9.67. The van der Waals surface area contributed by atoms with Crippen LogP contribution in [-0.4, -0.2) is 5.78 Å². The van der Waals surface area contributed by atoms with E-state index in [1.54, 1.807) is 0 Å². The van der Waals surface area contributed by atoms with Crippen LogP contribution in [-0.2, 0) is 15.6 Å².